The number of aromatic hydroxyl groups is 1. The number of hydrogen-bond acceptors (Lipinski definition) is 2. The van der Waals surface area contributed by atoms with Crippen LogP contribution in [0.4, 0.5) is 0 Å². The summed E-state index contributed by atoms with van der Waals surface area (Å²) in [6.45, 7) is 0. The summed E-state index contributed by atoms with van der Waals surface area (Å²) in [4.78, 5) is 3.59. The summed E-state index contributed by atoms with van der Waals surface area (Å²) in [5, 5.41) is 8.62. The van der Waals surface area contributed by atoms with Crippen molar-refractivity contribution in [1.29, 1.82) is 0 Å². The van der Waals surface area contributed by atoms with E-state index in [9.17, 15) is 0 Å². The van der Waals surface area contributed by atoms with Crippen molar-refractivity contribution in [2.45, 2.75) is 0 Å². The van der Waals surface area contributed by atoms with Crippen molar-refractivity contribution in [3.63, 3.8) is 0 Å². The number of aromatic nitrogens is 1. The molecule has 0 aliphatic heterocycles. The van der Waals surface area contributed by atoms with E-state index in [1.807, 2.05) is 0 Å². The molecule has 0 saturated heterocycles. The zero-order valence-corrected chi connectivity index (χ0v) is 7.56. The Morgan fingerprint density at radius 3 is 2.44 bits per heavy atom. The van der Waals surface area contributed by atoms with Crippen LogP contribution in [0.3, 0.4) is 0 Å². The Bertz CT molecular complexity index is 156. The maximum atomic E-state index is 8.62. The second-order valence-electron chi connectivity index (χ2n) is 1.33. The minimum absolute atomic E-state index is 0. The van der Waals surface area contributed by atoms with Gasteiger partial charge < -0.3 is 5.11 Å². The minimum Gasteiger partial charge on any atom is -0.493 e. The predicted molar refractivity (Wildman–Crippen MR) is 33.6 cm³/mol. The van der Waals surface area contributed by atoms with Gasteiger partial charge in [0.15, 0.2) is 0 Å². The molecule has 1 aromatic rings. The fourth-order valence-electron chi connectivity index (χ4n) is 0.368. The number of hydrogen-bond donors (Lipinski definition) is 1. The largest absolute Gasteiger partial charge is 0.493 e. The third-order valence-electron chi connectivity index (χ3n) is 0.712. The Morgan fingerprint density at radius 1 is 1.44 bits per heavy atom. The monoisotopic (exact) mass is 276 g/mol. The van der Waals surface area contributed by atoms with Crippen molar-refractivity contribution in [2.75, 3.05) is 0 Å². The molecule has 1 heterocycles. The van der Waals surface area contributed by atoms with E-state index in [4.69, 9.17) is 5.11 Å². The van der Waals surface area contributed by atoms with E-state index in [0.29, 0.717) is 0 Å². The first-order chi connectivity index (χ1) is 3.79. The third-order valence-corrected chi connectivity index (χ3v) is 1.18. The van der Waals surface area contributed by atoms with E-state index in [1.54, 1.807) is 6.07 Å². The zero-order valence-electron chi connectivity index (χ0n) is 4.34. The van der Waals surface area contributed by atoms with Crippen LogP contribution in [0.2, 0.25) is 0 Å². The van der Waals surface area contributed by atoms with Gasteiger partial charge in [0.25, 0.3) is 0 Å². The van der Waals surface area contributed by atoms with Crippen LogP contribution in [-0.2, 0) is 19.5 Å². The molecule has 4 heteroatoms. The quantitative estimate of drug-likeness (QED) is 0.730. The van der Waals surface area contributed by atoms with Gasteiger partial charge in [-0.1, -0.05) is 0 Å². The minimum atomic E-state index is 0. The summed E-state index contributed by atoms with van der Waals surface area (Å²) in [7, 11) is 0. The molecule has 1 aromatic heterocycles. The molecule has 0 amide bonds. The van der Waals surface area contributed by atoms with Crippen molar-refractivity contribution < 1.29 is 24.6 Å². The summed E-state index contributed by atoms with van der Waals surface area (Å²) in [6.07, 6.45) is 1.54. The number of nitrogens with zero attached hydrogens (tertiary/aromatic N) is 1. The Morgan fingerprint density at radius 2 is 2.11 bits per heavy atom. The average Bonchev–Trinajstić information content (AvgIpc) is 1.77. The van der Waals surface area contributed by atoms with Gasteiger partial charge in [-0.15, -0.1) is 0 Å². The first-order valence-electron chi connectivity index (χ1n) is 2.09. The molecule has 1 radical (unpaired) electrons. The molecule has 0 fully saturated rings. The molecule has 0 unspecified atom stereocenters. The summed E-state index contributed by atoms with van der Waals surface area (Å²) in [6, 6.07) is 3.24. The van der Waals surface area contributed by atoms with E-state index in [-0.39, 0.29) is 25.4 Å². The van der Waals surface area contributed by atoms with Gasteiger partial charge in [0.1, 0.15) is 0 Å². The van der Waals surface area contributed by atoms with Crippen molar-refractivity contribution in [1.82, 2.24) is 4.98 Å². The van der Waals surface area contributed by atoms with E-state index in [2.05, 4.69) is 20.9 Å². The second kappa shape index (κ2) is 3.96. The Kier molecular flexibility index (Phi) is 3.99. The van der Waals surface area contributed by atoms with Gasteiger partial charge in [0.05, 0.1) is 0 Å². The first kappa shape index (κ1) is 9.05. The van der Waals surface area contributed by atoms with Gasteiger partial charge in [-0.05, 0) is 22.0 Å². The van der Waals surface area contributed by atoms with Gasteiger partial charge in [-0.3, -0.25) is 0 Å². The molecule has 1 N–H and O–H groups in total. The van der Waals surface area contributed by atoms with Gasteiger partial charge in [-0.25, -0.2) is 4.98 Å². The molecule has 1 rings (SSSR count). The molecule has 9 heavy (non-hydrogen) atoms. The molecule has 2 nitrogen and oxygen atoms in total. The topological polar surface area (TPSA) is 33.1 Å². The van der Waals surface area contributed by atoms with Crippen molar-refractivity contribution >= 4 is 15.9 Å². The standard InChI is InChI=1S/C5H4BrNO.Rh/c6-4-1-2-5(8)7-3-4;/h1-3H,(H,7,8);. The van der Waals surface area contributed by atoms with E-state index >= 15 is 0 Å². The van der Waals surface area contributed by atoms with Crippen molar-refractivity contribution in [3.05, 3.63) is 22.8 Å². The van der Waals surface area contributed by atoms with Crippen molar-refractivity contribution in [3.8, 4) is 5.88 Å². The SMILES string of the molecule is Oc1ccc(Br)cn1.[Rh]. The molecular formula is C5H4BrNORh. The van der Waals surface area contributed by atoms with Gasteiger partial charge in [-0.2, -0.15) is 0 Å². The molecule has 0 atom stereocenters. The third kappa shape index (κ3) is 2.92. The maximum Gasteiger partial charge on any atom is 0.210 e. The summed E-state index contributed by atoms with van der Waals surface area (Å²) in [5.74, 6) is 0.0493. The average molecular weight is 277 g/mol. The number of pyridine rings is 1. The van der Waals surface area contributed by atoms with Gasteiger partial charge in [0, 0.05) is 36.2 Å². The maximum absolute atomic E-state index is 8.62. The zero-order chi connectivity index (χ0) is 5.98. The Labute approximate surface area is 74.2 Å². The molecule has 0 saturated carbocycles. The van der Waals surface area contributed by atoms with Gasteiger partial charge >= 0.3 is 0 Å². The Balaban J connectivity index is 0.000000640. The predicted octanol–water partition coefficient (Wildman–Crippen LogP) is 1.55. The molecule has 0 bridgehead atoms. The van der Waals surface area contributed by atoms with Crippen LogP contribution in [0.1, 0.15) is 0 Å². The smallest absolute Gasteiger partial charge is 0.210 e. The summed E-state index contributed by atoms with van der Waals surface area (Å²) in [5.41, 5.74) is 0. The normalized spacial score (nSPS) is 8.11. The summed E-state index contributed by atoms with van der Waals surface area (Å²) < 4.78 is 0.871. The summed E-state index contributed by atoms with van der Waals surface area (Å²) >= 11 is 3.17. The van der Waals surface area contributed by atoms with Crippen LogP contribution in [0.5, 0.6) is 5.88 Å². The van der Waals surface area contributed by atoms with Crippen LogP contribution < -0.4 is 0 Å². The molecular weight excluding hydrogens is 273 g/mol. The second-order valence-corrected chi connectivity index (χ2v) is 2.25. The fourth-order valence-corrected chi connectivity index (χ4v) is 0.603. The van der Waals surface area contributed by atoms with E-state index < -0.39 is 0 Å². The molecule has 0 aliphatic rings. The van der Waals surface area contributed by atoms with E-state index in [0.717, 1.165) is 4.47 Å². The van der Waals surface area contributed by atoms with Crippen LogP contribution in [-0.4, -0.2) is 10.1 Å². The van der Waals surface area contributed by atoms with Gasteiger partial charge in [0.2, 0.25) is 5.88 Å². The molecule has 0 spiro atoms. The van der Waals surface area contributed by atoms with E-state index in [1.165, 1.54) is 12.3 Å². The van der Waals surface area contributed by atoms with Crippen LogP contribution in [0.25, 0.3) is 0 Å². The molecule has 0 aliphatic carbocycles. The fraction of sp³-hybridized carbons (Fsp3) is 0. The number of halogens is 1. The number of rotatable bonds is 0. The van der Waals surface area contributed by atoms with Crippen LogP contribution in [0.15, 0.2) is 22.8 Å². The molecule has 51 valence electrons. The van der Waals surface area contributed by atoms with Crippen LogP contribution in [0, 0.1) is 0 Å². The van der Waals surface area contributed by atoms with Crippen LogP contribution >= 0.6 is 15.9 Å². The molecule has 0 aromatic carbocycles. The van der Waals surface area contributed by atoms with Crippen molar-refractivity contribution in [2.24, 2.45) is 0 Å². The Hall–Kier alpha value is 0.0534. The first-order valence-corrected chi connectivity index (χ1v) is 2.89.